The van der Waals surface area contributed by atoms with Crippen LogP contribution in [-0.2, 0) is 4.79 Å². The molecule has 0 saturated carbocycles. The molecule has 104 valence electrons. The number of nitrogens with one attached hydrogen (secondary N) is 1. The maximum Gasteiger partial charge on any atom is 0.287 e. The molecule has 2 rings (SSSR count). The summed E-state index contributed by atoms with van der Waals surface area (Å²) in [7, 11) is 0. The third-order valence-electron chi connectivity index (χ3n) is 3.38. The predicted octanol–water partition coefficient (Wildman–Crippen LogP) is 1.66. The average Bonchev–Trinajstić information content (AvgIpc) is 3.05. The van der Waals surface area contributed by atoms with Gasteiger partial charge in [0.25, 0.3) is 5.91 Å². The van der Waals surface area contributed by atoms with Gasteiger partial charge in [-0.05, 0) is 30.9 Å². The lowest BCUT2D eigenvalue weighted by Crippen LogP contribution is -2.50. The van der Waals surface area contributed by atoms with Gasteiger partial charge in [-0.15, -0.1) is 0 Å². The van der Waals surface area contributed by atoms with Crippen LogP contribution in [0.25, 0.3) is 0 Å². The molecule has 1 N–H and O–H groups in total. The fourth-order valence-electron chi connectivity index (χ4n) is 2.27. The normalized spacial score (nSPS) is 16.7. The van der Waals surface area contributed by atoms with Gasteiger partial charge in [0.05, 0.1) is 6.26 Å². The van der Waals surface area contributed by atoms with Gasteiger partial charge in [0, 0.05) is 13.1 Å². The Morgan fingerprint density at radius 2 is 2.00 bits per heavy atom. The molecule has 0 radical (unpaired) electrons. The second-order valence-corrected chi connectivity index (χ2v) is 5.20. The minimum Gasteiger partial charge on any atom is -0.459 e. The highest BCUT2D eigenvalue weighted by Crippen LogP contribution is 2.13. The molecule has 1 fully saturated rings. The number of likely N-dealkylation sites (tertiary alicyclic amines) is 1. The van der Waals surface area contributed by atoms with Crippen LogP contribution in [0, 0.1) is 5.92 Å². The summed E-state index contributed by atoms with van der Waals surface area (Å²) in [4.78, 5) is 26.2. The molecule has 1 saturated heterocycles. The summed E-state index contributed by atoms with van der Waals surface area (Å²) in [6.07, 6.45) is 3.53. The van der Waals surface area contributed by atoms with Crippen molar-refractivity contribution in [1.29, 1.82) is 0 Å². The summed E-state index contributed by atoms with van der Waals surface area (Å²) < 4.78 is 5.04. The zero-order valence-corrected chi connectivity index (χ0v) is 11.4. The van der Waals surface area contributed by atoms with Crippen LogP contribution in [0.2, 0.25) is 0 Å². The average molecular weight is 264 g/mol. The van der Waals surface area contributed by atoms with Crippen molar-refractivity contribution in [2.45, 2.75) is 32.7 Å². The van der Waals surface area contributed by atoms with Crippen LogP contribution in [0.1, 0.15) is 37.2 Å². The lowest BCUT2D eigenvalue weighted by molar-refractivity contribution is -0.133. The number of carbonyl (C=O) groups excluding carboxylic acids is 2. The molecule has 0 aliphatic carbocycles. The van der Waals surface area contributed by atoms with E-state index >= 15 is 0 Å². The van der Waals surface area contributed by atoms with Crippen molar-refractivity contribution in [3.63, 3.8) is 0 Å². The third kappa shape index (κ3) is 3.16. The monoisotopic (exact) mass is 264 g/mol. The Labute approximate surface area is 113 Å². The van der Waals surface area contributed by atoms with E-state index in [4.69, 9.17) is 4.42 Å². The molecule has 2 heterocycles. The molecule has 5 heteroatoms. The van der Waals surface area contributed by atoms with Gasteiger partial charge in [-0.1, -0.05) is 13.8 Å². The Bertz CT molecular complexity index is 434. The molecule has 0 aromatic carbocycles. The SMILES string of the molecule is CC(C)[C@H](NC(=O)c1ccco1)C(=O)N1CCCC1. The number of amides is 2. The minimum absolute atomic E-state index is 0.00686. The summed E-state index contributed by atoms with van der Waals surface area (Å²) in [5, 5.41) is 2.77. The van der Waals surface area contributed by atoms with Crippen LogP contribution >= 0.6 is 0 Å². The first-order valence-electron chi connectivity index (χ1n) is 6.72. The highest BCUT2D eigenvalue weighted by Gasteiger charge is 2.30. The number of rotatable bonds is 4. The molecule has 0 spiro atoms. The van der Waals surface area contributed by atoms with Crippen molar-refractivity contribution in [2.24, 2.45) is 5.92 Å². The molecule has 1 aromatic rings. The Hall–Kier alpha value is -1.78. The van der Waals surface area contributed by atoms with E-state index in [9.17, 15) is 9.59 Å². The van der Waals surface area contributed by atoms with E-state index in [2.05, 4.69) is 5.32 Å². The van der Waals surface area contributed by atoms with Crippen molar-refractivity contribution in [3.05, 3.63) is 24.2 Å². The second kappa shape index (κ2) is 5.91. The van der Waals surface area contributed by atoms with E-state index < -0.39 is 6.04 Å². The van der Waals surface area contributed by atoms with Gasteiger partial charge in [0.1, 0.15) is 6.04 Å². The maximum atomic E-state index is 12.4. The standard InChI is InChI=1S/C14H20N2O3/c1-10(2)12(14(18)16-7-3-4-8-16)15-13(17)11-6-5-9-19-11/h5-6,9-10,12H,3-4,7-8H2,1-2H3,(H,15,17)/t12-/m0/s1. The molecule has 1 aliphatic heterocycles. The molecule has 2 amide bonds. The summed E-state index contributed by atoms with van der Waals surface area (Å²) >= 11 is 0. The topological polar surface area (TPSA) is 62.6 Å². The van der Waals surface area contributed by atoms with Crippen LogP contribution in [-0.4, -0.2) is 35.8 Å². The molecule has 1 aliphatic rings. The van der Waals surface area contributed by atoms with Crippen molar-refractivity contribution in [3.8, 4) is 0 Å². The highest BCUT2D eigenvalue weighted by atomic mass is 16.3. The van der Waals surface area contributed by atoms with Gasteiger partial charge in [0.2, 0.25) is 5.91 Å². The van der Waals surface area contributed by atoms with Gasteiger partial charge in [-0.25, -0.2) is 0 Å². The summed E-state index contributed by atoms with van der Waals surface area (Å²) in [6, 6.07) is 2.75. The largest absolute Gasteiger partial charge is 0.459 e. The number of carbonyl (C=O) groups is 2. The molecular weight excluding hydrogens is 244 g/mol. The lowest BCUT2D eigenvalue weighted by Gasteiger charge is -2.26. The van der Waals surface area contributed by atoms with Gasteiger partial charge in [0.15, 0.2) is 5.76 Å². The lowest BCUT2D eigenvalue weighted by atomic mass is 10.0. The van der Waals surface area contributed by atoms with Crippen molar-refractivity contribution < 1.29 is 14.0 Å². The van der Waals surface area contributed by atoms with Gasteiger partial charge in [-0.3, -0.25) is 9.59 Å². The Balaban J connectivity index is 2.03. The Kier molecular flexibility index (Phi) is 4.24. The number of nitrogens with zero attached hydrogens (tertiary/aromatic N) is 1. The van der Waals surface area contributed by atoms with E-state index in [0.717, 1.165) is 25.9 Å². The van der Waals surface area contributed by atoms with E-state index in [-0.39, 0.29) is 23.5 Å². The molecule has 0 unspecified atom stereocenters. The minimum atomic E-state index is -0.490. The molecule has 5 nitrogen and oxygen atoms in total. The quantitative estimate of drug-likeness (QED) is 0.899. The maximum absolute atomic E-state index is 12.4. The molecular formula is C14H20N2O3. The van der Waals surface area contributed by atoms with Crippen LogP contribution < -0.4 is 5.32 Å². The first-order chi connectivity index (χ1) is 9.09. The molecule has 1 atom stereocenters. The van der Waals surface area contributed by atoms with Crippen molar-refractivity contribution in [1.82, 2.24) is 10.2 Å². The van der Waals surface area contributed by atoms with Crippen LogP contribution in [0.3, 0.4) is 0 Å². The summed E-state index contributed by atoms with van der Waals surface area (Å²) in [5.41, 5.74) is 0. The highest BCUT2D eigenvalue weighted by molar-refractivity contribution is 5.95. The second-order valence-electron chi connectivity index (χ2n) is 5.20. The molecule has 19 heavy (non-hydrogen) atoms. The predicted molar refractivity (Wildman–Crippen MR) is 70.6 cm³/mol. The fraction of sp³-hybridized carbons (Fsp3) is 0.571. The van der Waals surface area contributed by atoms with E-state index in [1.165, 1.54) is 6.26 Å². The number of hydrogen-bond donors (Lipinski definition) is 1. The summed E-state index contributed by atoms with van der Waals surface area (Å²) in [6.45, 7) is 5.44. The van der Waals surface area contributed by atoms with Gasteiger partial charge < -0.3 is 14.6 Å². The van der Waals surface area contributed by atoms with E-state index in [1.54, 1.807) is 12.1 Å². The van der Waals surface area contributed by atoms with E-state index in [1.807, 2.05) is 18.7 Å². The third-order valence-corrected chi connectivity index (χ3v) is 3.38. The Morgan fingerprint density at radius 3 is 2.53 bits per heavy atom. The first-order valence-corrected chi connectivity index (χ1v) is 6.72. The number of furan rings is 1. The van der Waals surface area contributed by atoms with Crippen LogP contribution in [0.4, 0.5) is 0 Å². The molecule has 0 bridgehead atoms. The smallest absolute Gasteiger partial charge is 0.287 e. The van der Waals surface area contributed by atoms with Crippen molar-refractivity contribution in [2.75, 3.05) is 13.1 Å². The zero-order chi connectivity index (χ0) is 13.8. The zero-order valence-electron chi connectivity index (χ0n) is 11.4. The number of hydrogen-bond acceptors (Lipinski definition) is 3. The van der Waals surface area contributed by atoms with Crippen LogP contribution in [0.15, 0.2) is 22.8 Å². The summed E-state index contributed by atoms with van der Waals surface area (Å²) in [5.74, 6) is -0.0458. The van der Waals surface area contributed by atoms with Gasteiger partial charge in [-0.2, -0.15) is 0 Å². The first kappa shape index (κ1) is 13.6. The van der Waals surface area contributed by atoms with E-state index in [0.29, 0.717) is 0 Å². The Morgan fingerprint density at radius 1 is 1.32 bits per heavy atom. The fourth-order valence-corrected chi connectivity index (χ4v) is 2.27. The molecule has 1 aromatic heterocycles. The van der Waals surface area contributed by atoms with Gasteiger partial charge >= 0.3 is 0 Å². The van der Waals surface area contributed by atoms with Crippen LogP contribution in [0.5, 0.6) is 0 Å². The van der Waals surface area contributed by atoms with Crippen molar-refractivity contribution >= 4 is 11.8 Å².